The quantitative estimate of drug-likeness (QED) is 0.643. The summed E-state index contributed by atoms with van der Waals surface area (Å²) in [4.78, 5) is 0.973. The van der Waals surface area contributed by atoms with E-state index >= 15 is 0 Å². The van der Waals surface area contributed by atoms with E-state index in [-0.39, 0.29) is 0 Å². The molecule has 0 amide bonds. The molecule has 19 heavy (non-hydrogen) atoms. The molecule has 0 saturated carbocycles. The molecule has 2 aromatic rings. The van der Waals surface area contributed by atoms with Gasteiger partial charge in [0.05, 0.1) is 0 Å². The fourth-order valence-electron chi connectivity index (χ4n) is 1.70. The largest absolute Gasteiger partial charge is 0.488 e. The summed E-state index contributed by atoms with van der Waals surface area (Å²) in [6.45, 7) is 0.458. The molecule has 2 rings (SSSR count). The average Bonchev–Trinajstić information content (AvgIpc) is 2.45. The summed E-state index contributed by atoms with van der Waals surface area (Å²) in [5.41, 5.74) is 1.50. The van der Waals surface area contributed by atoms with Crippen molar-refractivity contribution < 1.29 is 14.8 Å². The Labute approximate surface area is 117 Å². The van der Waals surface area contributed by atoms with Crippen molar-refractivity contribution in [1.82, 2.24) is 0 Å². The van der Waals surface area contributed by atoms with Gasteiger partial charge in [0.2, 0.25) is 0 Å². The SMILES string of the molecule is CSc1ccc(B(O)O)cc1OCc1ccccc1. The van der Waals surface area contributed by atoms with Crippen molar-refractivity contribution in [3.05, 3.63) is 54.1 Å². The number of rotatable bonds is 5. The normalized spacial score (nSPS) is 10.3. The van der Waals surface area contributed by atoms with Crippen LogP contribution in [0.25, 0.3) is 0 Å². The third-order valence-electron chi connectivity index (χ3n) is 2.72. The van der Waals surface area contributed by atoms with Gasteiger partial charge in [0, 0.05) is 4.90 Å². The van der Waals surface area contributed by atoms with Gasteiger partial charge in [-0.15, -0.1) is 11.8 Å². The molecule has 5 heteroatoms. The zero-order valence-electron chi connectivity index (χ0n) is 10.6. The minimum atomic E-state index is -1.48. The first-order valence-electron chi connectivity index (χ1n) is 5.91. The highest BCUT2D eigenvalue weighted by Gasteiger charge is 2.14. The molecule has 0 aliphatic carbocycles. The van der Waals surface area contributed by atoms with E-state index in [0.29, 0.717) is 17.8 Å². The summed E-state index contributed by atoms with van der Waals surface area (Å²) in [6.07, 6.45) is 1.96. The third-order valence-corrected chi connectivity index (χ3v) is 3.50. The zero-order chi connectivity index (χ0) is 13.7. The summed E-state index contributed by atoms with van der Waals surface area (Å²) in [5.74, 6) is 0.668. The van der Waals surface area contributed by atoms with E-state index in [0.717, 1.165) is 10.5 Å². The number of benzene rings is 2. The molecule has 0 saturated heterocycles. The topological polar surface area (TPSA) is 49.7 Å². The van der Waals surface area contributed by atoms with Gasteiger partial charge in [-0.25, -0.2) is 0 Å². The lowest BCUT2D eigenvalue weighted by atomic mass is 9.80. The van der Waals surface area contributed by atoms with Gasteiger partial charge in [-0.05, 0) is 29.4 Å². The van der Waals surface area contributed by atoms with Crippen LogP contribution >= 0.6 is 11.8 Å². The minimum Gasteiger partial charge on any atom is -0.488 e. The van der Waals surface area contributed by atoms with E-state index in [9.17, 15) is 10.0 Å². The van der Waals surface area contributed by atoms with Crippen molar-refractivity contribution in [3.8, 4) is 5.75 Å². The first kappa shape index (κ1) is 14.0. The molecule has 0 aliphatic rings. The molecule has 0 spiro atoms. The Bertz CT molecular complexity index is 531. The van der Waals surface area contributed by atoms with Crippen LogP contribution in [0.5, 0.6) is 5.75 Å². The smallest absolute Gasteiger partial charge is 0.488 e. The van der Waals surface area contributed by atoms with Gasteiger partial charge in [-0.3, -0.25) is 0 Å². The summed E-state index contributed by atoms with van der Waals surface area (Å²) in [7, 11) is -1.48. The highest BCUT2D eigenvalue weighted by Crippen LogP contribution is 2.27. The van der Waals surface area contributed by atoms with Crippen molar-refractivity contribution in [1.29, 1.82) is 0 Å². The first-order valence-corrected chi connectivity index (χ1v) is 7.14. The fraction of sp³-hybridized carbons (Fsp3) is 0.143. The predicted molar refractivity (Wildman–Crippen MR) is 78.8 cm³/mol. The molecular weight excluding hydrogens is 259 g/mol. The second-order valence-electron chi connectivity index (χ2n) is 4.06. The van der Waals surface area contributed by atoms with E-state index in [1.807, 2.05) is 42.7 Å². The Hall–Kier alpha value is -1.43. The standard InChI is InChI=1S/C14H15BO3S/c1-19-14-8-7-12(15(16)17)9-13(14)18-10-11-5-3-2-4-6-11/h2-9,16-17H,10H2,1H3. The van der Waals surface area contributed by atoms with Crippen molar-refractivity contribution in [2.24, 2.45) is 0 Å². The Morgan fingerprint density at radius 3 is 2.47 bits per heavy atom. The molecular formula is C14H15BO3S. The number of hydrogen-bond acceptors (Lipinski definition) is 4. The predicted octanol–water partition coefficient (Wildman–Crippen LogP) is 1.67. The van der Waals surface area contributed by atoms with Crippen LogP contribution in [0.3, 0.4) is 0 Å². The lowest BCUT2D eigenvalue weighted by molar-refractivity contribution is 0.299. The number of thioether (sulfide) groups is 1. The maximum atomic E-state index is 9.19. The lowest BCUT2D eigenvalue weighted by Gasteiger charge is -2.12. The monoisotopic (exact) mass is 274 g/mol. The Morgan fingerprint density at radius 2 is 1.84 bits per heavy atom. The van der Waals surface area contributed by atoms with E-state index in [2.05, 4.69) is 0 Å². The molecule has 0 aliphatic heterocycles. The molecule has 0 bridgehead atoms. The van der Waals surface area contributed by atoms with Crippen LogP contribution in [0, 0.1) is 0 Å². The summed E-state index contributed by atoms with van der Waals surface area (Å²) >= 11 is 1.56. The minimum absolute atomic E-state index is 0.431. The first-order chi connectivity index (χ1) is 9.20. The van der Waals surface area contributed by atoms with E-state index in [1.165, 1.54) is 0 Å². The molecule has 3 nitrogen and oxygen atoms in total. The van der Waals surface area contributed by atoms with Crippen molar-refractivity contribution in [2.75, 3.05) is 6.26 Å². The van der Waals surface area contributed by atoms with Crippen LogP contribution in [0.1, 0.15) is 5.56 Å². The fourth-order valence-corrected chi connectivity index (χ4v) is 2.23. The highest BCUT2D eigenvalue weighted by molar-refractivity contribution is 7.98. The van der Waals surface area contributed by atoms with Gasteiger partial charge in [-0.1, -0.05) is 36.4 Å². The summed E-state index contributed by atoms with van der Waals surface area (Å²) < 4.78 is 5.76. The van der Waals surface area contributed by atoms with Gasteiger partial charge in [0.1, 0.15) is 12.4 Å². The Kier molecular flexibility index (Phi) is 4.90. The Morgan fingerprint density at radius 1 is 1.11 bits per heavy atom. The molecule has 2 aromatic carbocycles. The zero-order valence-corrected chi connectivity index (χ0v) is 11.4. The van der Waals surface area contributed by atoms with Gasteiger partial charge >= 0.3 is 7.12 Å². The summed E-state index contributed by atoms with van der Waals surface area (Å²) in [6, 6.07) is 15.0. The number of ether oxygens (including phenoxy) is 1. The average molecular weight is 274 g/mol. The van der Waals surface area contributed by atoms with E-state index < -0.39 is 7.12 Å². The Balaban J connectivity index is 2.16. The maximum Gasteiger partial charge on any atom is 0.488 e. The van der Waals surface area contributed by atoms with Crippen LogP contribution in [0.4, 0.5) is 0 Å². The van der Waals surface area contributed by atoms with Crippen LogP contribution in [0.15, 0.2) is 53.4 Å². The highest BCUT2D eigenvalue weighted by atomic mass is 32.2. The van der Waals surface area contributed by atoms with Gasteiger partial charge < -0.3 is 14.8 Å². The molecule has 0 atom stereocenters. The molecule has 0 fully saturated rings. The molecule has 0 heterocycles. The second-order valence-corrected chi connectivity index (χ2v) is 4.91. The van der Waals surface area contributed by atoms with Crippen LogP contribution < -0.4 is 10.2 Å². The lowest BCUT2D eigenvalue weighted by Crippen LogP contribution is -2.29. The van der Waals surface area contributed by atoms with E-state index in [1.54, 1.807) is 23.9 Å². The molecule has 98 valence electrons. The van der Waals surface area contributed by atoms with Crippen LogP contribution in [-0.2, 0) is 6.61 Å². The molecule has 0 radical (unpaired) electrons. The molecule has 2 N–H and O–H groups in total. The van der Waals surface area contributed by atoms with Gasteiger partial charge in [0.15, 0.2) is 0 Å². The van der Waals surface area contributed by atoms with Crippen LogP contribution in [0.2, 0.25) is 0 Å². The van der Waals surface area contributed by atoms with Crippen molar-refractivity contribution in [3.63, 3.8) is 0 Å². The summed E-state index contributed by atoms with van der Waals surface area (Å²) in [5, 5.41) is 18.4. The maximum absolute atomic E-state index is 9.19. The van der Waals surface area contributed by atoms with Crippen molar-refractivity contribution in [2.45, 2.75) is 11.5 Å². The third kappa shape index (κ3) is 3.77. The number of hydrogen-bond donors (Lipinski definition) is 2. The van der Waals surface area contributed by atoms with Crippen molar-refractivity contribution >= 4 is 24.3 Å². The van der Waals surface area contributed by atoms with Gasteiger partial charge in [-0.2, -0.15) is 0 Å². The van der Waals surface area contributed by atoms with Crippen LogP contribution in [-0.4, -0.2) is 23.4 Å². The van der Waals surface area contributed by atoms with Gasteiger partial charge in [0.25, 0.3) is 0 Å². The molecule has 0 aromatic heterocycles. The van der Waals surface area contributed by atoms with E-state index in [4.69, 9.17) is 4.74 Å². The second kappa shape index (κ2) is 6.66. The molecule has 0 unspecified atom stereocenters.